The van der Waals surface area contributed by atoms with Crippen molar-refractivity contribution >= 4 is 10.8 Å². The fraction of sp³-hybridized carbons (Fsp3) is 0.176. The maximum Gasteiger partial charge on any atom is 0.246 e. The van der Waals surface area contributed by atoms with E-state index in [9.17, 15) is 0 Å². The van der Waals surface area contributed by atoms with Gasteiger partial charge in [0.2, 0.25) is 5.69 Å². The first-order valence-corrected chi connectivity index (χ1v) is 6.48. The number of hydrogen-bond acceptors (Lipinski definition) is 1. The normalized spacial score (nSPS) is 10.9. The minimum atomic E-state index is 1.18. The highest BCUT2D eigenvalue weighted by Gasteiger charge is 2.18. The summed E-state index contributed by atoms with van der Waals surface area (Å²) in [6, 6.07) is 15.0. The Kier molecular flexibility index (Phi) is 2.79. The van der Waals surface area contributed by atoms with Gasteiger partial charge in [0, 0.05) is 5.39 Å². The van der Waals surface area contributed by atoms with Crippen molar-refractivity contribution in [2.75, 3.05) is 0 Å². The molecule has 0 aliphatic carbocycles. The lowest BCUT2D eigenvalue weighted by atomic mass is 9.99. The van der Waals surface area contributed by atoms with Gasteiger partial charge in [-0.25, -0.2) is 0 Å². The molecule has 1 heterocycles. The number of benzene rings is 2. The molecule has 0 spiro atoms. The van der Waals surface area contributed by atoms with Crippen molar-refractivity contribution in [2.24, 2.45) is 7.05 Å². The zero-order chi connectivity index (χ0) is 13.4. The molecule has 2 aromatic carbocycles. The lowest BCUT2D eigenvalue weighted by molar-refractivity contribution is -0.719. The van der Waals surface area contributed by atoms with Crippen LogP contribution in [0.25, 0.3) is 22.0 Å². The Labute approximate surface area is 113 Å². The van der Waals surface area contributed by atoms with Crippen LogP contribution in [0.15, 0.2) is 48.7 Å². The van der Waals surface area contributed by atoms with E-state index in [4.69, 9.17) is 0 Å². The van der Waals surface area contributed by atoms with Gasteiger partial charge in [-0.1, -0.05) is 40.6 Å². The first-order chi connectivity index (χ1) is 9.16. The second kappa shape index (κ2) is 4.47. The van der Waals surface area contributed by atoms with Crippen molar-refractivity contribution in [3.8, 4) is 11.3 Å². The van der Waals surface area contributed by atoms with Crippen LogP contribution in [-0.2, 0) is 7.05 Å². The summed E-state index contributed by atoms with van der Waals surface area (Å²) < 4.78 is 1.96. The van der Waals surface area contributed by atoms with Gasteiger partial charge in [-0.05, 0) is 36.6 Å². The van der Waals surface area contributed by atoms with Crippen LogP contribution in [0.1, 0.15) is 11.1 Å². The Balaban J connectivity index is 2.41. The van der Waals surface area contributed by atoms with Gasteiger partial charge >= 0.3 is 0 Å². The Hall–Kier alpha value is -2.22. The Morgan fingerprint density at radius 1 is 1.00 bits per heavy atom. The van der Waals surface area contributed by atoms with Crippen LogP contribution < -0.4 is 4.68 Å². The highest BCUT2D eigenvalue weighted by atomic mass is 15.2. The standard InChI is InChI=1S/C17H17N2/c1-12-8-9-13(2)16(10-12)17-15-7-5-4-6-14(15)11-18-19(17)3/h4-11H,1-3H3/q+1. The first-order valence-electron chi connectivity index (χ1n) is 6.48. The Morgan fingerprint density at radius 2 is 1.79 bits per heavy atom. The zero-order valence-electron chi connectivity index (χ0n) is 11.5. The quantitative estimate of drug-likeness (QED) is 0.604. The highest BCUT2D eigenvalue weighted by molar-refractivity contribution is 5.93. The van der Waals surface area contributed by atoms with Gasteiger partial charge in [0.1, 0.15) is 6.20 Å². The van der Waals surface area contributed by atoms with E-state index in [1.165, 1.54) is 33.2 Å². The van der Waals surface area contributed by atoms with Crippen LogP contribution in [-0.4, -0.2) is 5.10 Å². The van der Waals surface area contributed by atoms with Crippen molar-refractivity contribution in [3.63, 3.8) is 0 Å². The average molecular weight is 249 g/mol. The van der Waals surface area contributed by atoms with E-state index < -0.39 is 0 Å². The fourth-order valence-electron chi connectivity index (χ4n) is 2.52. The van der Waals surface area contributed by atoms with Crippen molar-refractivity contribution in [3.05, 3.63) is 59.8 Å². The molecule has 3 rings (SSSR count). The molecule has 0 aliphatic rings. The number of aryl methyl sites for hydroxylation is 3. The van der Waals surface area contributed by atoms with E-state index >= 15 is 0 Å². The third-order valence-corrected chi connectivity index (χ3v) is 3.56. The van der Waals surface area contributed by atoms with Crippen LogP contribution >= 0.6 is 0 Å². The summed E-state index contributed by atoms with van der Waals surface area (Å²) in [6.45, 7) is 4.28. The van der Waals surface area contributed by atoms with E-state index in [0.29, 0.717) is 0 Å². The van der Waals surface area contributed by atoms with E-state index in [1.54, 1.807) is 0 Å². The van der Waals surface area contributed by atoms with E-state index in [-0.39, 0.29) is 0 Å². The van der Waals surface area contributed by atoms with Gasteiger partial charge in [0.05, 0.1) is 10.9 Å². The van der Waals surface area contributed by atoms with Crippen LogP contribution in [0.3, 0.4) is 0 Å². The molecule has 2 heteroatoms. The third-order valence-electron chi connectivity index (χ3n) is 3.56. The molecule has 0 unspecified atom stereocenters. The topological polar surface area (TPSA) is 16.8 Å². The molecule has 0 radical (unpaired) electrons. The summed E-state index contributed by atoms with van der Waals surface area (Å²) >= 11 is 0. The van der Waals surface area contributed by atoms with Crippen molar-refractivity contribution in [2.45, 2.75) is 13.8 Å². The average Bonchev–Trinajstić information content (AvgIpc) is 2.42. The lowest BCUT2D eigenvalue weighted by Gasteiger charge is -2.07. The second-order valence-electron chi connectivity index (χ2n) is 5.02. The molecule has 1 aromatic heterocycles. The van der Waals surface area contributed by atoms with Crippen molar-refractivity contribution < 1.29 is 4.68 Å². The second-order valence-corrected chi connectivity index (χ2v) is 5.02. The number of aromatic nitrogens is 2. The molecule has 0 saturated heterocycles. The predicted octanol–water partition coefficient (Wildman–Crippen LogP) is 3.34. The van der Waals surface area contributed by atoms with Gasteiger partial charge < -0.3 is 0 Å². The molecular formula is C17H17N2+. The number of fused-ring (bicyclic) bond motifs is 1. The smallest absolute Gasteiger partial charge is 0.0858 e. The molecule has 2 nitrogen and oxygen atoms in total. The molecule has 0 N–H and O–H groups in total. The largest absolute Gasteiger partial charge is 0.246 e. The summed E-state index contributed by atoms with van der Waals surface area (Å²) in [5, 5.41) is 6.89. The third kappa shape index (κ3) is 1.99. The van der Waals surface area contributed by atoms with Gasteiger partial charge in [-0.3, -0.25) is 0 Å². The molecule has 19 heavy (non-hydrogen) atoms. The summed E-state index contributed by atoms with van der Waals surface area (Å²) in [6.07, 6.45) is 1.92. The number of nitrogens with zero attached hydrogens (tertiary/aromatic N) is 2. The predicted molar refractivity (Wildman–Crippen MR) is 77.8 cm³/mol. The monoisotopic (exact) mass is 249 g/mol. The minimum absolute atomic E-state index is 1.18. The Bertz CT molecular complexity index is 760. The fourth-order valence-corrected chi connectivity index (χ4v) is 2.52. The highest BCUT2D eigenvalue weighted by Crippen LogP contribution is 2.27. The number of hydrogen-bond donors (Lipinski definition) is 0. The van der Waals surface area contributed by atoms with Crippen LogP contribution in [0.4, 0.5) is 0 Å². The summed E-state index contributed by atoms with van der Waals surface area (Å²) in [5.74, 6) is 0. The van der Waals surface area contributed by atoms with Gasteiger partial charge in [-0.15, -0.1) is 0 Å². The van der Waals surface area contributed by atoms with Crippen LogP contribution in [0, 0.1) is 13.8 Å². The van der Waals surface area contributed by atoms with Crippen molar-refractivity contribution in [1.82, 2.24) is 5.10 Å². The number of rotatable bonds is 1. The maximum atomic E-state index is 4.47. The van der Waals surface area contributed by atoms with Crippen LogP contribution in [0.2, 0.25) is 0 Å². The molecule has 0 saturated carbocycles. The molecule has 94 valence electrons. The summed E-state index contributed by atoms with van der Waals surface area (Å²) in [7, 11) is 2.00. The molecule has 0 amide bonds. The van der Waals surface area contributed by atoms with Crippen molar-refractivity contribution in [1.29, 1.82) is 0 Å². The summed E-state index contributed by atoms with van der Waals surface area (Å²) in [4.78, 5) is 0. The Morgan fingerprint density at radius 3 is 2.63 bits per heavy atom. The van der Waals surface area contributed by atoms with Gasteiger partial charge in [0.15, 0.2) is 7.05 Å². The lowest BCUT2D eigenvalue weighted by Crippen LogP contribution is -2.35. The van der Waals surface area contributed by atoms with Gasteiger partial charge in [0.25, 0.3) is 0 Å². The molecule has 0 fully saturated rings. The van der Waals surface area contributed by atoms with Gasteiger partial charge in [-0.2, -0.15) is 0 Å². The molecular weight excluding hydrogens is 232 g/mol. The molecule has 0 aliphatic heterocycles. The van der Waals surface area contributed by atoms with E-state index in [2.05, 4.69) is 61.4 Å². The molecule has 0 atom stereocenters. The molecule has 3 aromatic rings. The zero-order valence-corrected chi connectivity index (χ0v) is 11.5. The van der Waals surface area contributed by atoms with E-state index in [1.807, 2.05) is 17.9 Å². The first kappa shape index (κ1) is 11.8. The SMILES string of the molecule is Cc1ccc(C)c(-c2c3ccccc3cn[n+]2C)c1. The maximum absolute atomic E-state index is 4.47. The van der Waals surface area contributed by atoms with Crippen LogP contribution in [0.5, 0.6) is 0 Å². The summed E-state index contributed by atoms with van der Waals surface area (Å²) in [5.41, 5.74) is 4.99. The van der Waals surface area contributed by atoms with E-state index in [0.717, 1.165) is 0 Å². The molecule has 0 bridgehead atoms. The minimum Gasteiger partial charge on any atom is -0.0858 e.